The van der Waals surface area contributed by atoms with Crippen LogP contribution in [0.1, 0.15) is 12.5 Å². The third kappa shape index (κ3) is 1.77. The Bertz CT molecular complexity index is 541. The molecule has 0 N–H and O–H groups in total. The lowest BCUT2D eigenvalue weighted by atomic mass is 10.2. The first-order valence-corrected chi connectivity index (χ1v) is 4.95. The maximum atomic E-state index is 8.83. The second-order valence-corrected chi connectivity index (χ2v) is 3.42. The van der Waals surface area contributed by atoms with Gasteiger partial charge in [-0.05, 0) is 30.5 Å². The maximum Gasteiger partial charge on any atom is 0.0992 e. The molecule has 2 aromatic rings. The second-order valence-electron chi connectivity index (χ2n) is 3.42. The molecule has 0 aliphatic rings. The average molecular weight is 196 g/mol. The number of fused-ring (bicyclic) bond motifs is 1. The number of benzene rings is 1. The maximum absolute atomic E-state index is 8.83. The van der Waals surface area contributed by atoms with Gasteiger partial charge in [-0.25, -0.2) is 0 Å². The van der Waals surface area contributed by atoms with Gasteiger partial charge in [0, 0.05) is 18.3 Å². The summed E-state index contributed by atoms with van der Waals surface area (Å²) in [6, 6.07) is 10.00. The largest absolute Gasteiger partial charge is 0.344 e. The SMILES string of the molecule is C/C=C/Cn1ccc2ccc(C#N)cc21. The second kappa shape index (κ2) is 4.02. The van der Waals surface area contributed by atoms with Crippen molar-refractivity contribution >= 4 is 10.9 Å². The Labute approximate surface area is 89.1 Å². The minimum Gasteiger partial charge on any atom is -0.344 e. The van der Waals surface area contributed by atoms with Gasteiger partial charge in [-0.15, -0.1) is 0 Å². The minimum atomic E-state index is 0.711. The van der Waals surface area contributed by atoms with Gasteiger partial charge in [0.1, 0.15) is 0 Å². The summed E-state index contributed by atoms with van der Waals surface area (Å²) < 4.78 is 2.14. The van der Waals surface area contributed by atoms with Crippen molar-refractivity contribution in [3.63, 3.8) is 0 Å². The summed E-state index contributed by atoms with van der Waals surface area (Å²) in [6.45, 7) is 2.86. The number of hydrogen-bond donors (Lipinski definition) is 0. The molecule has 0 unspecified atom stereocenters. The average Bonchev–Trinajstić information content (AvgIpc) is 2.68. The summed E-state index contributed by atoms with van der Waals surface area (Å²) in [5.41, 5.74) is 1.83. The number of nitrogens with zero attached hydrogens (tertiary/aromatic N) is 2. The molecule has 0 bridgehead atoms. The summed E-state index contributed by atoms with van der Waals surface area (Å²) in [5.74, 6) is 0. The molecular formula is C13H12N2. The van der Waals surface area contributed by atoms with Gasteiger partial charge in [-0.2, -0.15) is 5.26 Å². The number of nitriles is 1. The lowest BCUT2D eigenvalue weighted by Gasteiger charge is -2.00. The molecule has 0 atom stereocenters. The van der Waals surface area contributed by atoms with E-state index in [4.69, 9.17) is 5.26 Å². The number of aromatic nitrogens is 1. The first kappa shape index (κ1) is 9.54. The zero-order chi connectivity index (χ0) is 10.7. The highest BCUT2D eigenvalue weighted by Crippen LogP contribution is 2.17. The Morgan fingerprint density at radius 1 is 1.40 bits per heavy atom. The third-order valence-electron chi connectivity index (χ3n) is 2.44. The summed E-state index contributed by atoms with van der Waals surface area (Å²) in [7, 11) is 0. The van der Waals surface area contributed by atoms with Crippen molar-refractivity contribution in [1.29, 1.82) is 5.26 Å². The smallest absolute Gasteiger partial charge is 0.0992 e. The van der Waals surface area contributed by atoms with Crippen LogP contribution in [0.3, 0.4) is 0 Å². The van der Waals surface area contributed by atoms with Crippen LogP contribution in [-0.2, 0) is 6.54 Å². The molecular weight excluding hydrogens is 184 g/mol. The van der Waals surface area contributed by atoms with Gasteiger partial charge in [0.05, 0.1) is 11.6 Å². The Kier molecular flexibility index (Phi) is 2.55. The van der Waals surface area contributed by atoms with Crippen LogP contribution >= 0.6 is 0 Å². The molecule has 2 rings (SSSR count). The molecule has 0 radical (unpaired) electrons. The van der Waals surface area contributed by atoms with Gasteiger partial charge in [-0.3, -0.25) is 0 Å². The van der Waals surface area contributed by atoms with E-state index in [1.807, 2.05) is 37.4 Å². The molecule has 1 aromatic heterocycles. The van der Waals surface area contributed by atoms with E-state index in [9.17, 15) is 0 Å². The molecule has 1 heterocycles. The molecule has 0 saturated carbocycles. The van der Waals surface area contributed by atoms with Gasteiger partial charge >= 0.3 is 0 Å². The van der Waals surface area contributed by atoms with E-state index in [-0.39, 0.29) is 0 Å². The summed E-state index contributed by atoms with van der Waals surface area (Å²) in [4.78, 5) is 0. The van der Waals surface area contributed by atoms with Crippen LogP contribution in [0.5, 0.6) is 0 Å². The van der Waals surface area contributed by atoms with Crippen molar-refractivity contribution in [3.8, 4) is 6.07 Å². The highest BCUT2D eigenvalue weighted by atomic mass is 14.9. The molecule has 1 aromatic carbocycles. The fourth-order valence-electron chi connectivity index (χ4n) is 1.63. The number of hydrogen-bond acceptors (Lipinski definition) is 1. The molecule has 2 nitrogen and oxygen atoms in total. The first-order valence-electron chi connectivity index (χ1n) is 4.95. The summed E-state index contributed by atoms with van der Waals surface area (Å²) >= 11 is 0. The predicted octanol–water partition coefficient (Wildman–Crippen LogP) is 3.09. The monoisotopic (exact) mass is 196 g/mol. The van der Waals surface area contributed by atoms with E-state index in [1.165, 1.54) is 5.39 Å². The highest BCUT2D eigenvalue weighted by Gasteiger charge is 2.00. The lowest BCUT2D eigenvalue weighted by Crippen LogP contribution is -1.92. The Balaban J connectivity index is 2.52. The third-order valence-corrected chi connectivity index (χ3v) is 2.44. The first-order chi connectivity index (χ1) is 7.35. The quantitative estimate of drug-likeness (QED) is 0.678. The molecule has 0 spiro atoms. The number of allylic oxidation sites excluding steroid dienone is 2. The van der Waals surface area contributed by atoms with E-state index < -0.39 is 0 Å². The molecule has 0 fully saturated rings. The zero-order valence-corrected chi connectivity index (χ0v) is 8.64. The van der Waals surface area contributed by atoms with Gasteiger partial charge in [0.15, 0.2) is 0 Å². The Morgan fingerprint density at radius 3 is 3.00 bits per heavy atom. The standard InChI is InChI=1S/C13H12N2/c1-2-3-7-15-8-6-12-5-4-11(10-14)9-13(12)15/h2-6,8-9H,7H2,1H3/b3-2+. The van der Waals surface area contributed by atoms with Crippen LogP contribution < -0.4 is 0 Å². The molecule has 0 aliphatic carbocycles. The van der Waals surface area contributed by atoms with Crippen molar-refractivity contribution < 1.29 is 0 Å². The Morgan fingerprint density at radius 2 is 2.27 bits per heavy atom. The Hall–Kier alpha value is -2.01. The predicted molar refractivity (Wildman–Crippen MR) is 61.5 cm³/mol. The van der Waals surface area contributed by atoms with Crippen molar-refractivity contribution in [1.82, 2.24) is 4.57 Å². The molecule has 0 aliphatic heterocycles. The van der Waals surface area contributed by atoms with Crippen molar-refractivity contribution in [2.45, 2.75) is 13.5 Å². The highest BCUT2D eigenvalue weighted by molar-refractivity contribution is 5.81. The fourth-order valence-corrected chi connectivity index (χ4v) is 1.63. The van der Waals surface area contributed by atoms with Crippen molar-refractivity contribution in [2.24, 2.45) is 0 Å². The number of rotatable bonds is 2. The summed E-state index contributed by atoms with van der Waals surface area (Å²) in [5, 5.41) is 10.0. The van der Waals surface area contributed by atoms with Crippen LogP contribution in [0.15, 0.2) is 42.6 Å². The van der Waals surface area contributed by atoms with Gasteiger partial charge in [0.25, 0.3) is 0 Å². The van der Waals surface area contributed by atoms with Crippen LogP contribution in [0.2, 0.25) is 0 Å². The fraction of sp³-hybridized carbons (Fsp3) is 0.154. The van der Waals surface area contributed by atoms with Crippen LogP contribution in [0, 0.1) is 11.3 Å². The van der Waals surface area contributed by atoms with Crippen LogP contribution in [0.25, 0.3) is 10.9 Å². The van der Waals surface area contributed by atoms with E-state index in [1.54, 1.807) is 0 Å². The summed E-state index contributed by atoms with van der Waals surface area (Å²) in [6.07, 6.45) is 6.17. The topological polar surface area (TPSA) is 28.7 Å². The van der Waals surface area contributed by atoms with E-state index >= 15 is 0 Å². The van der Waals surface area contributed by atoms with E-state index in [0.29, 0.717) is 5.56 Å². The lowest BCUT2D eigenvalue weighted by molar-refractivity contribution is 0.862. The van der Waals surface area contributed by atoms with E-state index in [0.717, 1.165) is 12.1 Å². The van der Waals surface area contributed by atoms with Gasteiger partial charge in [-0.1, -0.05) is 18.2 Å². The minimum absolute atomic E-state index is 0.711. The zero-order valence-electron chi connectivity index (χ0n) is 8.64. The van der Waals surface area contributed by atoms with Crippen LogP contribution in [-0.4, -0.2) is 4.57 Å². The molecule has 2 heteroatoms. The van der Waals surface area contributed by atoms with Crippen molar-refractivity contribution in [2.75, 3.05) is 0 Å². The molecule has 74 valence electrons. The molecule has 0 saturated heterocycles. The van der Waals surface area contributed by atoms with Gasteiger partial charge < -0.3 is 4.57 Å². The normalized spacial score (nSPS) is 10.9. The van der Waals surface area contributed by atoms with E-state index in [2.05, 4.69) is 22.8 Å². The van der Waals surface area contributed by atoms with Gasteiger partial charge in [0.2, 0.25) is 0 Å². The molecule has 0 amide bonds. The molecule has 15 heavy (non-hydrogen) atoms. The van der Waals surface area contributed by atoms with Crippen LogP contribution in [0.4, 0.5) is 0 Å². The van der Waals surface area contributed by atoms with Crippen molar-refractivity contribution in [3.05, 3.63) is 48.2 Å².